The maximum Gasteiger partial charge on any atom is 0.319 e. The van der Waals surface area contributed by atoms with E-state index in [0.29, 0.717) is 5.39 Å². The predicted molar refractivity (Wildman–Crippen MR) is 168 cm³/mol. The molecule has 0 amide bonds. The molecule has 2 saturated heterocycles. The van der Waals surface area contributed by atoms with Crippen molar-refractivity contribution in [3.8, 4) is 29.6 Å². The lowest BCUT2D eigenvalue weighted by Crippen LogP contribution is -2.44. The highest BCUT2D eigenvalue weighted by Crippen LogP contribution is 2.45. The van der Waals surface area contributed by atoms with Crippen molar-refractivity contribution in [3.05, 3.63) is 59.6 Å². The molecule has 2 aromatic carbocycles. The molecule has 46 heavy (non-hydrogen) atoms. The summed E-state index contributed by atoms with van der Waals surface area (Å²) in [6, 6.07) is 4.17. The van der Waals surface area contributed by atoms with E-state index in [0.717, 1.165) is 4.90 Å². The molecule has 0 radical (unpaired) electrons. The van der Waals surface area contributed by atoms with E-state index in [4.69, 9.17) is 28.5 Å². The van der Waals surface area contributed by atoms with Crippen LogP contribution >= 0.6 is 0 Å². The number of aromatic nitrogens is 3. The Labute approximate surface area is 270 Å². The van der Waals surface area contributed by atoms with Crippen LogP contribution in [0.5, 0.6) is 6.01 Å². The number of ether oxygens (including phenoxy) is 2. The molecule has 4 aromatic rings. The van der Waals surface area contributed by atoms with Crippen molar-refractivity contribution in [3.63, 3.8) is 0 Å². The zero-order chi connectivity index (χ0) is 36.6. The molecule has 4 atom stereocenters. The molecule has 7 rings (SSSR count). The van der Waals surface area contributed by atoms with Gasteiger partial charge in [-0.15, -0.1) is 6.42 Å². The van der Waals surface area contributed by atoms with Crippen LogP contribution in [0.1, 0.15) is 25.8 Å². The van der Waals surface area contributed by atoms with Gasteiger partial charge in [0.05, 0.1) is 39.3 Å². The molecule has 0 unspecified atom stereocenters. The molecule has 12 heteroatoms. The number of likely N-dealkylation sites (tertiary alicyclic amines) is 1. The number of fused-ring (bicyclic) bond motifs is 3. The van der Waals surface area contributed by atoms with E-state index in [-0.39, 0.29) is 83.7 Å². The number of nitrogens with two attached hydrogens (primary N) is 1. The third-order valence-corrected chi connectivity index (χ3v) is 8.95. The molecular weight excluding hydrogens is 600 g/mol. The molecule has 2 aliphatic heterocycles. The van der Waals surface area contributed by atoms with E-state index in [1.807, 2.05) is 0 Å². The lowest BCUT2D eigenvalue weighted by molar-refractivity contribution is 0.109. The van der Waals surface area contributed by atoms with Gasteiger partial charge >= 0.3 is 6.01 Å². The topological polar surface area (TPSA) is 89.6 Å². The first-order chi connectivity index (χ1) is 24.1. The van der Waals surface area contributed by atoms with Gasteiger partial charge in [0.1, 0.15) is 35.6 Å². The van der Waals surface area contributed by atoms with Gasteiger partial charge in [0.15, 0.2) is 5.82 Å². The maximum atomic E-state index is 17.0. The van der Waals surface area contributed by atoms with E-state index in [2.05, 4.69) is 20.9 Å². The Bertz CT molecular complexity index is 2150. The van der Waals surface area contributed by atoms with Crippen molar-refractivity contribution in [1.29, 1.82) is 0 Å². The van der Waals surface area contributed by atoms with Crippen molar-refractivity contribution in [2.45, 2.75) is 25.6 Å². The Morgan fingerprint density at radius 3 is 2.93 bits per heavy atom. The minimum atomic E-state index is -2.86. The van der Waals surface area contributed by atoms with Crippen LogP contribution in [-0.4, -0.2) is 78.4 Å². The molecule has 3 aliphatic rings. The molecule has 3 fully saturated rings. The molecule has 1 saturated carbocycles. The fourth-order valence-electron chi connectivity index (χ4n) is 6.48. The number of alkyl halides is 1. The molecule has 2 N–H and O–H groups in total. The highest BCUT2D eigenvalue weighted by atomic mass is 19.1. The number of hydrogen-bond acceptors (Lipinski definition) is 8. The SMILES string of the molecule is [2H]C([2H])([2H])N1CC/C(=C\F)[C@](C)(C([2H])([2H])Oc2nc(N3CCOC[C@H]4[C@H](F)[C@H]43)c3cnc(-c4cc(N)cc5ccc(F)c(C#C)c45)c(F)c3n2)C1. The van der Waals surface area contributed by atoms with E-state index < -0.39 is 66.8 Å². The number of piperidine rings is 1. The van der Waals surface area contributed by atoms with Crippen LogP contribution in [0, 0.1) is 35.3 Å². The largest absolute Gasteiger partial charge is 0.462 e. The van der Waals surface area contributed by atoms with Gasteiger partial charge in [-0.2, -0.15) is 9.97 Å². The number of benzene rings is 2. The third-order valence-electron chi connectivity index (χ3n) is 8.95. The number of halogens is 4. The van der Waals surface area contributed by atoms with E-state index in [1.165, 1.54) is 31.3 Å². The summed E-state index contributed by atoms with van der Waals surface area (Å²) in [5, 5.41) is 0.616. The first-order valence-electron chi connectivity index (χ1n) is 17.2. The summed E-state index contributed by atoms with van der Waals surface area (Å²) in [4.78, 5) is 15.7. The number of pyridine rings is 1. The first kappa shape index (κ1) is 24.7. The molecule has 1 aliphatic carbocycles. The van der Waals surface area contributed by atoms with Crippen LogP contribution in [0.3, 0.4) is 0 Å². The van der Waals surface area contributed by atoms with Crippen LogP contribution in [0.4, 0.5) is 29.1 Å². The molecule has 2 aromatic heterocycles. The maximum absolute atomic E-state index is 17.0. The number of anilines is 2. The third kappa shape index (κ3) is 4.98. The van der Waals surface area contributed by atoms with Crippen molar-refractivity contribution in [2.24, 2.45) is 11.3 Å². The summed E-state index contributed by atoms with van der Waals surface area (Å²) in [7, 11) is 0. The van der Waals surface area contributed by atoms with Crippen LogP contribution in [0.25, 0.3) is 32.9 Å². The second-order valence-electron chi connectivity index (χ2n) is 12.0. The lowest BCUT2D eigenvalue weighted by Gasteiger charge is -2.40. The van der Waals surface area contributed by atoms with Crippen LogP contribution in [0.2, 0.25) is 0 Å². The van der Waals surface area contributed by atoms with Gasteiger partial charge in [-0.1, -0.05) is 18.9 Å². The lowest BCUT2D eigenvalue weighted by atomic mass is 9.78. The Morgan fingerprint density at radius 1 is 1.30 bits per heavy atom. The molecular formula is C34H32F4N6O2. The van der Waals surface area contributed by atoms with Crippen molar-refractivity contribution in [1.82, 2.24) is 19.9 Å². The van der Waals surface area contributed by atoms with Gasteiger partial charge in [0.2, 0.25) is 0 Å². The average molecular weight is 638 g/mol. The van der Waals surface area contributed by atoms with Gasteiger partial charge in [0.25, 0.3) is 0 Å². The first-order valence-corrected chi connectivity index (χ1v) is 14.7. The highest BCUT2D eigenvalue weighted by molar-refractivity contribution is 6.03. The zero-order valence-electron chi connectivity index (χ0n) is 29.7. The van der Waals surface area contributed by atoms with Gasteiger partial charge in [-0.25, -0.2) is 17.6 Å². The minimum absolute atomic E-state index is 0.0173. The Balaban J connectivity index is 1.42. The Kier molecular flexibility index (Phi) is 6.13. The Morgan fingerprint density at radius 2 is 2.15 bits per heavy atom. The average Bonchev–Trinajstić information content (AvgIpc) is 3.77. The fraction of sp³-hybridized carbons (Fsp3) is 0.382. The summed E-state index contributed by atoms with van der Waals surface area (Å²) >= 11 is 0. The number of nitrogens with zero attached hydrogens (tertiary/aromatic N) is 5. The van der Waals surface area contributed by atoms with Crippen molar-refractivity contribution in [2.75, 3.05) is 57.0 Å². The molecule has 0 bridgehead atoms. The number of hydrogen-bond donors (Lipinski definition) is 1. The smallest absolute Gasteiger partial charge is 0.319 e. The second kappa shape index (κ2) is 11.4. The summed E-state index contributed by atoms with van der Waals surface area (Å²) in [6.45, 7) is -4.18. The number of nitrogen functional groups attached to an aromatic ring is 1. The summed E-state index contributed by atoms with van der Waals surface area (Å²) in [5.74, 6) is 0.0289. The molecule has 238 valence electrons. The standard InChI is InChI=1S/C34H32F4N6O2/c1-4-21-25(36)6-5-18-11-20(39)12-22(26(18)21)29-28(38)30-23(14-40-29)32(44-9-10-45-15-24-27(37)31(24)44)42-33(41-30)46-17-34(2)16-43(3)8-7-19(34)13-35/h1,5-6,11-14,24,27,31H,7-10,15-17,39H2,2-3H3/b19-13+/t24-,27-,31-,34-/m0/s1/i3D3,17D2. The normalized spacial score (nSPS) is 28.0. The predicted octanol–water partition coefficient (Wildman–Crippen LogP) is 5.43. The minimum Gasteiger partial charge on any atom is -0.462 e. The van der Waals surface area contributed by atoms with Crippen LogP contribution < -0.4 is 15.4 Å². The zero-order valence-corrected chi connectivity index (χ0v) is 24.7. The second-order valence-corrected chi connectivity index (χ2v) is 12.0. The molecule has 8 nitrogen and oxygen atoms in total. The van der Waals surface area contributed by atoms with E-state index in [9.17, 15) is 8.78 Å². The van der Waals surface area contributed by atoms with Gasteiger partial charge in [-0.3, -0.25) is 4.98 Å². The van der Waals surface area contributed by atoms with Crippen molar-refractivity contribution < 1.29 is 33.9 Å². The van der Waals surface area contributed by atoms with Crippen LogP contribution in [-0.2, 0) is 4.74 Å². The fourth-order valence-corrected chi connectivity index (χ4v) is 6.48. The van der Waals surface area contributed by atoms with Gasteiger partial charge < -0.3 is 25.0 Å². The van der Waals surface area contributed by atoms with Gasteiger partial charge in [0, 0.05) is 57.9 Å². The van der Waals surface area contributed by atoms with Crippen molar-refractivity contribution >= 4 is 33.2 Å². The van der Waals surface area contributed by atoms with E-state index in [1.54, 1.807) is 11.0 Å². The highest BCUT2D eigenvalue weighted by Gasteiger charge is 2.56. The molecule has 4 heterocycles. The quantitative estimate of drug-likeness (QED) is 0.176. The van der Waals surface area contributed by atoms with Gasteiger partial charge in [-0.05, 0) is 42.6 Å². The summed E-state index contributed by atoms with van der Waals surface area (Å²) in [6.07, 6.45) is 5.77. The number of terminal acetylenes is 1. The Hall–Kier alpha value is -4.47. The molecule has 0 spiro atoms. The van der Waals surface area contributed by atoms with Crippen LogP contribution in [0.15, 0.2) is 42.4 Å². The van der Waals surface area contributed by atoms with E-state index >= 15 is 8.78 Å². The summed E-state index contributed by atoms with van der Waals surface area (Å²) in [5.41, 5.74) is 3.64. The summed E-state index contributed by atoms with van der Waals surface area (Å²) < 4.78 is 114. The number of rotatable bonds is 5. The monoisotopic (exact) mass is 637 g/mol.